The molecule has 1 aliphatic heterocycles. The Morgan fingerprint density at radius 2 is 1.81 bits per heavy atom. The lowest BCUT2D eigenvalue weighted by molar-refractivity contribution is -0.117. The number of hydrogen-bond donors (Lipinski definition) is 3. The van der Waals surface area contributed by atoms with Crippen LogP contribution in [0.15, 0.2) is 48.5 Å². The number of nitrogens with zero attached hydrogens (tertiary/aromatic N) is 2. The number of hydrogen-bond acceptors (Lipinski definition) is 4. The van der Waals surface area contributed by atoms with E-state index in [0.717, 1.165) is 75.9 Å². The van der Waals surface area contributed by atoms with E-state index >= 15 is 0 Å². The molecule has 0 radical (unpaired) electrons. The number of nitrogen functional groups attached to an aromatic ring is 1. The van der Waals surface area contributed by atoms with Crippen molar-refractivity contribution in [3.8, 4) is 11.1 Å². The summed E-state index contributed by atoms with van der Waals surface area (Å²) in [5.74, 6) is -0.337. The molecular formula is C26H29N5O. The van der Waals surface area contributed by atoms with Crippen LogP contribution in [0.4, 0.5) is 11.4 Å². The molecule has 6 nitrogen and oxygen atoms in total. The zero-order chi connectivity index (χ0) is 22.4. The van der Waals surface area contributed by atoms with Crippen LogP contribution in [0, 0.1) is 6.92 Å². The summed E-state index contributed by atoms with van der Waals surface area (Å²) in [6.45, 7) is 6.21. The van der Waals surface area contributed by atoms with E-state index in [-0.39, 0.29) is 12.3 Å². The summed E-state index contributed by atoms with van der Waals surface area (Å²) in [6.07, 6.45) is 0.199. The maximum absolute atomic E-state index is 11.7. The van der Waals surface area contributed by atoms with Gasteiger partial charge in [-0.15, -0.1) is 0 Å². The summed E-state index contributed by atoms with van der Waals surface area (Å²) in [5, 5.41) is 2.25. The maximum atomic E-state index is 11.7. The van der Waals surface area contributed by atoms with Gasteiger partial charge in [-0.2, -0.15) is 0 Å². The molecule has 0 unspecified atom stereocenters. The van der Waals surface area contributed by atoms with Gasteiger partial charge in [0.15, 0.2) is 0 Å². The molecule has 0 spiro atoms. The van der Waals surface area contributed by atoms with Crippen molar-refractivity contribution < 1.29 is 4.79 Å². The number of anilines is 2. The SMILES string of the molecule is Cc1c(N)cccc1-c1ccc(CC(N)=O)c2[nH]c3cc(N4CCN(C)CC4)ccc3c12. The largest absolute Gasteiger partial charge is 0.398 e. The Morgan fingerprint density at radius 3 is 2.56 bits per heavy atom. The molecule has 0 saturated carbocycles. The van der Waals surface area contributed by atoms with E-state index in [1.807, 2.05) is 25.1 Å². The van der Waals surface area contributed by atoms with E-state index in [0.29, 0.717) is 0 Å². The molecule has 2 heterocycles. The summed E-state index contributed by atoms with van der Waals surface area (Å²) >= 11 is 0. The second kappa shape index (κ2) is 7.88. The van der Waals surface area contributed by atoms with Crippen LogP contribution in [-0.2, 0) is 11.2 Å². The smallest absolute Gasteiger partial charge is 0.221 e. The minimum absolute atomic E-state index is 0.199. The number of carbonyl (C=O) groups is 1. The standard InChI is InChI=1S/C26H29N5O/c1-16-19(4-3-5-22(16)27)20-8-6-17(14-24(28)32)26-25(20)21-9-7-18(15-23(21)29-26)31-12-10-30(2)11-13-31/h3-9,15,29H,10-14,27H2,1-2H3,(H2,28,32). The zero-order valence-electron chi connectivity index (χ0n) is 18.6. The first-order valence-electron chi connectivity index (χ1n) is 11.1. The van der Waals surface area contributed by atoms with Crippen molar-refractivity contribution in [3.63, 3.8) is 0 Å². The molecule has 1 fully saturated rings. The fourth-order valence-electron chi connectivity index (χ4n) is 4.82. The molecule has 0 aliphatic carbocycles. The van der Waals surface area contributed by atoms with Gasteiger partial charge < -0.3 is 26.3 Å². The Morgan fingerprint density at radius 1 is 1.03 bits per heavy atom. The number of benzene rings is 3. The second-order valence-corrected chi connectivity index (χ2v) is 8.83. The van der Waals surface area contributed by atoms with Crippen molar-refractivity contribution in [2.45, 2.75) is 13.3 Å². The molecule has 1 aromatic heterocycles. The molecular weight excluding hydrogens is 398 g/mol. The maximum Gasteiger partial charge on any atom is 0.221 e. The predicted molar refractivity (Wildman–Crippen MR) is 133 cm³/mol. The van der Waals surface area contributed by atoms with Crippen LogP contribution < -0.4 is 16.4 Å². The number of amides is 1. The zero-order valence-corrected chi connectivity index (χ0v) is 18.6. The Balaban J connectivity index is 1.72. The highest BCUT2D eigenvalue weighted by atomic mass is 16.1. The van der Waals surface area contributed by atoms with E-state index in [2.05, 4.69) is 52.2 Å². The number of likely N-dealkylation sites (N-methyl/N-ethyl adjacent to an activating group) is 1. The number of aromatic nitrogens is 1. The molecule has 164 valence electrons. The van der Waals surface area contributed by atoms with Gasteiger partial charge in [-0.3, -0.25) is 4.79 Å². The summed E-state index contributed by atoms with van der Waals surface area (Å²) < 4.78 is 0. The molecule has 3 aromatic carbocycles. The third kappa shape index (κ3) is 3.46. The number of carbonyl (C=O) groups excluding carboxylic acids is 1. The van der Waals surface area contributed by atoms with Crippen molar-refractivity contribution in [1.82, 2.24) is 9.88 Å². The van der Waals surface area contributed by atoms with Gasteiger partial charge in [-0.25, -0.2) is 0 Å². The van der Waals surface area contributed by atoms with Crippen LogP contribution in [0.5, 0.6) is 0 Å². The van der Waals surface area contributed by atoms with Crippen molar-refractivity contribution in [2.24, 2.45) is 5.73 Å². The molecule has 1 aliphatic rings. The van der Waals surface area contributed by atoms with Gasteiger partial charge >= 0.3 is 0 Å². The lowest BCUT2D eigenvalue weighted by Gasteiger charge is -2.34. The van der Waals surface area contributed by atoms with Crippen LogP contribution >= 0.6 is 0 Å². The van der Waals surface area contributed by atoms with Gasteiger partial charge in [0.2, 0.25) is 5.91 Å². The molecule has 5 N–H and O–H groups in total. The summed E-state index contributed by atoms with van der Waals surface area (Å²) in [4.78, 5) is 20.1. The third-order valence-electron chi connectivity index (χ3n) is 6.72. The first-order valence-corrected chi connectivity index (χ1v) is 11.1. The minimum Gasteiger partial charge on any atom is -0.398 e. The molecule has 1 amide bonds. The monoisotopic (exact) mass is 427 g/mol. The average molecular weight is 428 g/mol. The van der Waals surface area contributed by atoms with Crippen LogP contribution in [-0.4, -0.2) is 49.0 Å². The number of piperazine rings is 1. The Kier molecular flexibility index (Phi) is 5.02. The van der Waals surface area contributed by atoms with E-state index in [1.165, 1.54) is 5.69 Å². The number of nitrogens with one attached hydrogen (secondary N) is 1. The van der Waals surface area contributed by atoms with Crippen molar-refractivity contribution in [1.29, 1.82) is 0 Å². The number of fused-ring (bicyclic) bond motifs is 3. The predicted octanol–water partition coefficient (Wildman–Crippen LogP) is 3.66. The van der Waals surface area contributed by atoms with E-state index in [9.17, 15) is 4.79 Å². The Hall–Kier alpha value is -3.51. The second-order valence-electron chi connectivity index (χ2n) is 8.83. The van der Waals surface area contributed by atoms with Gasteiger partial charge in [-0.05, 0) is 54.4 Å². The highest BCUT2D eigenvalue weighted by Crippen LogP contribution is 2.39. The third-order valence-corrected chi connectivity index (χ3v) is 6.72. The van der Waals surface area contributed by atoms with Crippen molar-refractivity contribution in [2.75, 3.05) is 43.9 Å². The molecule has 32 heavy (non-hydrogen) atoms. The molecule has 0 bridgehead atoms. The topological polar surface area (TPSA) is 91.4 Å². The van der Waals surface area contributed by atoms with E-state index < -0.39 is 0 Å². The molecule has 6 heteroatoms. The van der Waals surface area contributed by atoms with Gasteiger partial charge in [-0.1, -0.05) is 30.3 Å². The van der Waals surface area contributed by atoms with Gasteiger partial charge in [0, 0.05) is 53.8 Å². The Bertz CT molecular complexity index is 1330. The van der Waals surface area contributed by atoms with Crippen LogP contribution in [0.2, 0.25) is 0 Å². The van der Waals surface area contributed by atoms with Crippen LogP contribution in [0.1, 0.15) is 11.1 Å². The number of H-pyrrole nitrogens is 1. The molecule has 4 aromatic rings. The molecule has 5 rings (SSSR count). The fourth-order valence-corrected chi connectivity index (χ4v) is 4.82. The summed E-state index contributed by atoms with van der Waals surface area (Å²) in [7, 11) is 2.17. The van der Waals surface area contributed by atoms with Gasteiger partial charge in [0.25, 0.3) is 0 Å². The normalized spacial score (nSPS) is 15.0. The Labute approximate surface area is 187 Å². The minimum atomic E-state index is -0.337. The number of aromatic amines is 1. The molecule has 1 saturated heterocycles. The first kappa shape index (κ1) is 20.4. The first-order chi connectivity index (χ1) is 15.4. The number of rotatable bonds is 4. The molecule has 0 atom stereocenters. The van der Waals surface area contributed by atoms with Crippen LogP contribution in [0.25, 0.3) is 32.9 Å². The van der Waals surface area contributed by atoms with Crippen LogP contribution in [0.3, 0.4) is 0 Å². The van der Waals surface area contributed by atoms with Gasteiger partial charge in [0.1, 0.15) is 0 Å². The quantitative estimate of drug-likeness (QED) is 0.434. The van der Waals surface area contributed by atoms with E-state index in [4.69, 9.17) is 11.5 Å². The number of nitrogens with two attached hydrogens (primary N) is 2. The van der Waals surface area contributed by atoms with Crippen molar-refractivity contribution in [3.05, 3.63) is 59.7 Å². The van der Waals surface area contributed by atoms with Crippen molar-refractivity contribution >= 4 is 39.1 Å². The fraction of sp³-hybridized carbons (Fsp3) is 0.269. The van der Waals surface area contributed by atoms with Gasteiger partial charge in [0.05, 0.1) is 11.9 Å². The highest BCUT2D eigenvalue weighted by Gasteiger charge is 2.19. The number of primary amides is 1. The van der Waals surface area contributed by atoms with E-state index in [1.54, 1.807) is 0 Å². The lowest BCUT2D eigenvalue weighted by atomic mass is 9.93. The summed E-state index contributed by atoms with van der Waals surface area (Å²) in [5.41, 5.74) is 20.0. The summed E-state index contributed by atoms with van der Waals surface area (Å²) in [6, 6.07) is 16.7. The highest BCUT2D eigenvalue weighted by molar-refractivity contribution is 6.16. The lowest BCUT2D eigenvalue weighted by Crippen LogP contribution is -2.44. The average Bonchev–Trinajstić information content (AvgIpc) is 3.16.